The highest BCUT2D eigenvalue weighted by Gasteiger charge is 2.22. The monoisotopic (exact) mass is 777 g/mol. The summed E-state index contributed by atoms with van der Waals surface area (Å²) >= 11 is 0. The van der Waals surface area contributed by atoms with E-state index < -0.39 is 32.5 Å². The third-order valence-electron chi connectivity index (χ3n) is 8.71. The van der Waals surface area contributed by atoms with Gasteiger partial charge in [0.1, 0.15) is 6.61 Å². The van der Waals surface area contributed by atoms with Gasteiger partial charge in [0, 0.05) is 12.8 Å². The Bertz CT molecular complexity index is 1100. The number of esters is 2. The van der Waals surface area contributed by atoms with Gasteiger partial charge in [0.25, 0.3) is 0 Å². The molecule has 0 saturated heterocycles. The fourth-order valence-corrected chi connectivity index (χ4v) is 5.89. The lowest BCUT2D eigenvalue weighted by atomic mass is 10.1. The first-order valence-corrected chi connectivity index (χ1v) is 22.8. The molecule has 0 aromatic carbocycles. The zero-order valence-electron chi connectivity index (χ0n) is 34.1. The number of carbonyl (C=O) groups is 2. The maximum atomic E-state index is 12.4. The Kier molecular flexibility index (Phi) is 38.3. The quantitative estimate of drug-likeness (QED) is 0.0275. The molecule has 1 atom stereocenters. The molecule has 310 valence electrons. The summed E-state index contributed by atoms with van der Waals surface area (Å²) in [5, 5.41) is 0. The lowest BCUT2D eigenvalue weighted by Gasteiger charge is -2.18. The summed E-state index contributed by atoms with van der Waals surface area (Å²) in [5.74, 6) is -0.989. The molecule has 0 aliphatic heterocycles. The predicted molar refractivity (Wildman–Crippen MR) is 225 cm³/mol. The van der Waals surface area contributed by atoms with Crippen LogP contribution in [0.25, 0.3) is 0 Å². The van der Waals surface area contributed by atoms with Crippen LogP contribution in [0.3, 0.4) is 0 Å². The Morgan fingerprint density at radius 2 is 0.870 bits per heavy atom. The van der Waals surface area contributed by atoms with Crippen LogP contribution in [-0.2, 0) is 28.2 Å². The average molecular weight is 777 g/mol. The van der Waals surface area contributed by atoms with Crippen LogP contribution in [0, 0.1) is 0 Å². The van der Waals surface area contributed by atoms with Crippen molar-refractivity contribution < 1.29 is 37.9 Å². The summed E-state index contributed by atoms with van der Waals surface area (Å²) in [6.07, 6.45) is 52.0. The lowest BCUT2D eigenvalue weighted by molar-refractivity contribution is -0.161. The molecule has 8 nitrogen and oxygen atoms in total. The topological polar surface area (TPSA) is 119 Å². The molecule has 0 bridgehead atoms. The van der Waals surface area contributed by atoms with Crippen molar-refractivity contribution in [1.82, 2.24) is 0 Å². The first kappa shape index (κ1) is 51.5. The van der Waals surface area contributed by atoms with E-state index in [9.17, 15) is 14.2 Å². The van der Waals surface area contributed by atoms with E-state index in [1.807, 2.05) is 12.2 Å². The van der Waals surface area contributed by atoms with E-state index in [1.54, 1.807) is 0 Å². The second kappa shape index (κ2) is 40.2. The van der Waals surface area contributed by atoms with Gasteiger partial charge >= 0.3 is 19.8 Å². The molecule has 0 spiro atoms. The molecule has 0 aliphatic rings. The minimum absolute atomic E-state index is 0.140. The van der Waals surface area contributed by atoms with Crippen LogP contribution >= 0.6 is 7.82 Å². The van der Waals surface area contributed by atoms with Crippen LogP contribution in [-0.4, -0.2) is 41.0 Å². The Morgan fingerprint density at radius 1 is 0.481 bits per heavy atom. The van der Waals surface area contributed by atoms with Crippen LogP contribution < -0.4 is 0 Å². The highest BCUT2D eigenvalue weighted by atomic mass is 31.2. The van der Waals surface area contributed by atoms with Gasteiger partial charge in [-0.3, -0.25) is 14.1 Å². The van der Waals surface area contributed by atoms with Gasteiger partial charge in [-0.15, -0.1) is 0 Å². The van der Waals surface area contributed by atoms with Crippen molar-refractivity contribution in [3.8, 4) is 0 Å². The van der Waals surface area contributed by atoms with Gasteiger partial charge in [0.05, 0.1) is 6.61 Å². The first-order chi connectivity index (χ1) is 26.3. The number of allylic oxidation sites excluding steroid dienone is 12. The third kappa shape index (κ3) is 42.2. The van der Waals surface area contributed by atoms with Gasteiger partial charge in [-0.2, -0.15) is 0 Å². The van der Waals surface area contributed by atoms with E-state index in [-0.39, 0.29) is 19.4 Å². The van der Waals surface area contributed by atoms with Crippen LogP contribution in [0.2, 0.25) is 0 Å². The second-order valence-electron chi connectivity index (χ2n) is 14.0. The minimum atomic E-state index is -4.77. The van der Waals surface area contributed by atoms with Gasteiger partial charge in [-0.25, -0.2) is 4.57 Å². The van der Waals surface area contributed by atoms with Crippen LogP contribution in [0.1, 0.15) is 181 Å². The van der Waals surface area contributed by atoms with Gasteiger partial charge in [-0.05, 0) is 77.0 Å². The molecule has 9 heteroatoms. The number of hydrogen-bond donors (Lipinski definition) is 2. The van der Waals surface area contributed by atoms with Crippen molar-refractivity contribution in [3.05, 3.63) is 72.9 Å². The van der Waals surface area contributed by atoms with Crippen molar-refractivity contribution >= 4 is 19.8 Å². The smallest absolute Gasteiger partial charge is 0.462 e. The standard InChI is InChI=1S/C45H77O8P/c1-3-5-7-9-11-13-15-17-19-21-22-24-25-27-29-31-33-35-37-39-44(46)51-41-43(42-52-54(48,49)50)53-45(47)40-38-36-34-32-30-28-26-23-20-18-16-14-12-10-8-6-4-2/h11,13,17-20,22,24,27,29,33,35,43H,3-10,12,14-16,21,23,25-26,28,30-32,34,36-42H2,1-2H3,(H2,48,49,50)/b13-11-,19-17-,20-18-,24-22-,29-27-,35-33-/t43-/m1/s1. The van der Waals surface area contributed by atoms with Gasteiger partial charge in [0.15, 0.2) is 6.10 Å². The second-order valence-corrected chi connectivity index (χ2v) is 15.2. The molecule has 0 rings (SSSR count). The molecule has 0 aromatic heterocycles. The molecule has 0 radical (unpaired) electrons. The van der Waals surface area contributed by atoms with Crippen LogP contribution in [0.5, 0.6) is 0 Å². The molecule has 54 heavy (non-hydrogen) atoms. The summed E-state index contributed by atoms with van der Waals surface area (Å²) in [7, 11) is -4.77. The van der Waals surface area contributed by atoms with Gasteiger partial charge in [-0.1, -0.05) is 164 Å². The molecule has 0 aromatic rings. The molecule has 0 heterocycles. The van der Waals surface area contributed by atoms with Crippen molar-refractivity contribution in [2.45, 2.75) is 187 Å². The molecule has 2 N–H and O–H groups in total. The number of unbranched alkanes of at least 4 members (excludes halogenated alkanes) is 16. The fourth-order valence-electron chi connectivity index (χ4n) is 5.53. The summed E-state index contributed by atoms with van der Waals surface area (Å²) in [6, 6.07) is 0. The van der Waals surface area contributed by atoms with Crippen molar-refractivity contribution in [2.24, 2.45) is 0 Å². The van der Waals surface area contributed by atoms with E-state index in [2.05, 4.69) is 79.1 Å². The number of phosphoric acid groups is 1. The van der Waals surface area contributed by atoms with Gasteiger partial charge in [0.2, 0.25) is 0 Å². The van der Waals surface area contributed by atoms with Crippen LogP contribution in [0.4, 0.5) is 0 Å². The van der Waals surface area contributed by atoms with E-state index in [0.717, 1.165) is 51.4 Å². The first-order valence-electron chi connectivity index (χ1n) is 21.2. The van der Waals surface area contributed by atoms with Crippen molar-refractivity contribution in [2.75, 3.05) is 13.2 Å². The summed E-state index contributed by atoms with van der Waals surface area (Å²) < 4.78 is 26.3. The summed E-state index contributed by atoms with van der Waals surface area (Å²) in [6.45, 7) is 3.58. The fraction of sp³-hybridized carbons (Fsp3) is 0.689. The summed E-state index contributed by atoms with van der Waals surface area (Å²) in [4.78, 5) is 42.8. The van der Waals surface area contributed by atoms with Crippen molar-refractivity contribution in [1.29, 1.82) is 0 Å². The highest BCUT2D eigenvalue weighted by molar-refractivity contribution is 7.46. The third-order valence-corrected chi connectivity index (χ3v) is 9.20. The molecular formula is C45H77O8P. The Balaban J connectivity index is 4.06. The average Bonchev–Trinajstić information content (AvgIpc) is 3.14. The Hall–Kier alpha value is -2.51. The molecule has 0 saturated carbocycles. The van der Waals surface area contributed by atoms with Crippen LogP contribution in [0.15, 0.2) is 72.9 Å². The molecule has 0 fully saturated rings. The maximum absolute atomic E-state index is 12.4. The molecule has 0 unspecified atom stereocenters. The summed E-state index contributed by atoms with van der Waals surface area (Å²) in [5.41, 5.74) is 0. The normalized spacial score (nSPS) is 13.2. The minimum Gasteiger partial charge on any atom is -0.462 e. The van der Waals surface area contributed by atoms with E-state index in [0.29, 0.717) is 12.8 Å². The zero-order chi connectivity index (χ0) is 39.6. The highest BCUT2D eigenvalue weighted by Crippen LogP contribution is 2.36. The largest absolute Gasteiger partial charge is 0.469 e. The number of phosphoric ester groups is 1. The zero-order valence-corrected chi connectivity index (χ0v) is 35.0. The van der Waals surface area contributed by atoms with Crippen molar-refractivity contribution in [3.63, 3.8) is 0 Å². The predicted octanol–water partition coefficient (Wildman–Crippen LogP) is 13.1. The molecule has 0 aliphatic carbocycles. The molecular weight excluding hydrogens is 699 g/mol. The maximum Gasteiger partial charge on any atom is 0.469 e. The number of rotatable bonds is 38. The Labute approximate surface area is 329 Å². The van der Waals surface area contributed by atoms with E-state index in [1.165, 1.54) is 89.9 Å². The number of carbonyl (C=O) groups excluding carboxylic acids is 2. The lowest BCUT2D eigenvalue weighted by Crippen LogP contribution is -2.29. The number of hydrogen-bond acceptors (Lipinski definition) is 6. The van der Waals surface area contributed by atoms with E-state index >= 15 is 0 Å². The van der Waals surface area contributed by atoms with E-state index in [4.69, 9.17) is 19.3 Å². The molecule has 0 amide bonds. The van der Waals surface area contributed by atoms with Gasteiger partial charge < -0.3 is 19.3 Å². The SMILES string of the molecule is CCCCC/C=C\C/C=C\C/C=C\C/C=C\C/C=C\CCC(=O)OC[C@H](COP(=O)(O)O)OC(=O)CCCCCCCCC/C=C\CCCCCCCC. The number of ether oxygens (including phenoxy) is 2. The Morgan fingerprint density at radius 3 is 1.37 bits per heavy atom.